The van der Waals surface area contributed by atoms with Gasteiger partial charge in [0, 0.05) is 13.7 Å². The van der Waals surface area contributed by atoms with Crippen LogP contribution in [-0.4, -0.2) is 44.5 Å². The first-order chi connectivity index (χ1) is 9.15. The van der Waals surface area contributed by atoms with Gasteiger partial charge < -0.3 is 19.9 Å². The molecule has 1 unspecified atom stereocenters. The molecule has 0 heterocycles. The normalized spacial score (nSPS) is 11.9. The zero-order chi connectivity index (χ0) is 14.1. The molecular weight excluding hydrogens is 246 g/mol. The molecule has 5 heteroatoms. The molecular formula is C14H21NO4. The minimum Gasteiger partial charge on any atom is -0.497 e. The lowest BCUT2D eigenvalue weighted by Crippen LogP contribution is -2.29. The lowest BCUT2D eigenvalue weighted by Gasteiger charge is -2.10. The van der Waals surface area contributed by atoms with Crippen molar-refractivity contribution in [2.75, 3.05) is 27.4 Å². The smallest absolute Gasteiger partial charge is 0.224 e. The van der Waals surface area contributed by atoms with E-state index in [9.17, 15) is 9.90 Å². The molecule has 1 aromatic carbocycles. The predicted octanol–water partition coefficient (Wildman–Crippen LogP) is 0.751. The number of carbonyl (C=O) groups is 1. The van der Waals surface area contributed by atoms with Crippen molar-refractivity contribution in [3.8, 4) is 5.75 Å². The van der Waals surface area contributed by atoms with E-state index < -0.39 is 6.10 Å². The summed E-state index contributed by atoms with van der Waals surface area (Å²) >= 11 is 0. The quantitative estimate of drug-likeness (QED) is 0.729. The highest BCUT2D eigenvalue weighted by atomic mass is 16.5. The van der Waals surface area contributed by atoms with Crippen molar-refractivity contribution in [2.45, 2.75) is 18.9 Å². The van der Waals surface area contributed by atoms with Crippen molar-refractivity contribution >= 4 is 5.91 Å². The number of methoxy groups -OCH3 is 2. The summed E-state index contributed by atoms with van der Waals surface area (Å²) in [6.45, 7) is 0.730. The van der Waals surface area contributed by atoms with Gasteiger partial charge in [0.25, 0.3) is 0 Å². The SMILES string of the molecule is COCC(O)CCNC(=O)Cc1ccc(OC)cc1. The van der Waals surface area contributed by atoms with E-state index in [0.29, 0.717) is 19.4 Å². The summed E-state index contributed by atoms with van der Waals surface area (Å²) in [6.07, 6.45) is 0.276. The molecule has 1 aromatic rings. The zero-order valence-corrected chi connectivity index (χ0v) is 11.4. The predicted molar refractivity (Wildman–Crippen MR) is 72.2 cm³/mol. The van der Waals surface area contributed by atoms with Crippen LogP contribution in [0.15, 0.2) is 24.3 Å². The van der Waals surface area contributed by atoms with Gasteiger partial charge in [-0.1, -0.05) is 12.1 Å². The summed E-state index contributed by atoms with van der Waals surface area (Å²) in [7, 11) is 3.14. The van der Waals surface area contributed by atoms with Gasteiger partial charge in [-0.3, -0.25) is 4.79 Å². The maximum atomic E-state index is 11.7. The fraction of sp³-hybridized carbons (Fsp3) is 0.500. The molecule has 0 fully saturated rings. The van der Waals surface area contributed by atoms with Crippen LogP contribution >= 0.6 is 0 Å². The number of hydrogen-bond donors (Lipinski definition) is 2. The van der Waals surface area contributed by atoms with Crippen molar-refractivity contribution < 1.29 is 19.4 Å². The van der Waals surface area contributed by atoms with Crippen LogP contribution in [0.4, 0.5) is 0 Å². The average molecular weight is 267 g/mol. The van der Waals surface area contributed by atoms with Gasteiger partial charge in [-0.25, -0.2) is 0 Å². The van der Waals surface area contributed by atoms with Crippen LogP contribution in [0.3, 0.4) is 0 Å². The molecule has 106 valence electrons. The lowest BCUT2D eigenvalue weighted by molar-refractivity contribution is -0.120. The summed E-state index contributed by atoms with van der Waals surface area (Å²) < 4.78 is 9.85. The van der Waals surface area contributed by atoms with E-state index in [1.54, 1.807) is 7.11 Å². The summed E-state index contributed by atoms with van der Waals surface area (Å²) in [5.74, 6) is 0.710. The first kappa shape index (κ1) is 15.5. The number of aliphatic hydroxyl groups is 1. The maximum Gasteiger partial charge on any atom is 0.224 e. The number of hydrogen-bond acceptors (Lipinski definition) is 4. The number of ether oxygens (including phenoxy) is 2. The molecule has 0 aliphatic rings. The Hall–Kier alpha value is -1.59. The summed E-state index contributed by atoms with van der Waals surface area (Å²) in [4.78, 5) is 11.7. The van der Waals surface area contributed by atoms with Gasteiger partial charge >= 0.3 is 0 Å². The lowest BCUT2D eigenvalue weighted by atomic mass is 10.1. The highest BCUT2D eigenvalue weighted by Crippen LogP contribution is 2.11. The van der Waals surface area contributed by atoms with Crippen LogP contribution in [-0.2, 0) is 16.0 Å². The van der Waals surface area contributed by atoms with Crippen molar-refractivity contribution in [3.05, 3.63) is 29.8 Å². The highest BCUT2D eigenvalue weighted by Gasteiger charge is 2.06. The molecule has 0 spiro atoms. The molecule has 0 saturated carbocycles. The summed E-state index contributed by atoms with van der Waals surface area (Å²) in [6, 6.07) is 7.37. The first-order valence-electron chi connectivity index (χ1n) is 6.22. The van der Waals surface area contributed by atoms with E-state index in [0.717, 1.165) is 11.3 Å². The third-order valence-electron chi connectivity index (χ3n) is 2.68. The Labute approximate surface area is 113 Å². The van der Waals surface area contributed by atoms with Gasteiger partial charge in [-0.15, -0.1) is 0 Å². The Morgan fingerprint density at radius 1 is 1.32 bits per heavy atom. The van der Waals surface area contributed by atoms with Gasteiger partial charge in [0.15, 0.2) is 0 Å². The van der Waals surface area contributed by atoms with E-state index in [-0.39, 0.29) is 12.5 Å². The molecule has 0 saturated heterocycles. The van der Waals surface area contributed by atoms with Crippen molar-refractivity contribution in [1.82, 2.24) is 5.32 Å². The fourth-order valence-corrected chi connectivity index (χ4v) is 1.65. The minimum absolute atomic E-state index is 0.0604. The molecule has 1 rings (SSSR count). The van der Waals surface area contributed by atoms with Crippen LogP contribution < -0.4 is 10.1 Å². The van der Waals surface area contributed by atoms with Crippen LogP contribution in [0.1, 0.15) is 12.0 Å². The minimum atomic E-state index is -0.536. The largest absolute Gasteiger partial charge is 0.497 e. The second-order valence-electron chi connectivity index (χ2n) is 4.27. The van der Waals surface area contributed by atoms with Gasteiger partial charge in [-0.05, 0) is 24.1 Å². The van der Waals surface area contributed by atoms with E-state index >= 15 is 0 Å². The second-order valence-corrected chi connectivity index (χ2v) is 4.27. The van der Waals surface area contributed by atoms with Crippen LogP contribution in [0.5, 0.6) is 5.75 Å². The van der Waals surface area contributed by atoms with Crippen LogP contribution in [0.2, 0.25) is 0 Å². The maximum absolute atomic E-state index is 11.7. The van der Waals surface area contributed by atoms with Crippen molar-refractivity contribution in [3.63, 3.8) is 0 Å². The fourth-order valence-electron chi connectivity index (χ4n) is 1.65. The Balaban J connectivity index is 2.26. The number of benzene rings is 1. The van der Waals surface area contributed by atoms with Crippen LogP contribution in [0, 0.1) is 0 Å². The molecule has 0 aromatic heterocycles. The second kappa shape index (κ2) is 8.50. The van der Waals surface area contributed by atoms with E-state index in [1.165, 1.54) is 7.11 Å². The number of carbonyl (C=O) groups excluding carboxylic acids is 1. The molecule has 1 amide bonds. The zero-order valence-electron chi connectivity index (χ0n) is 11.4. The van der Waals surface area contributed by atoms with E-state index in [4.69, 9.17) is 9.47 Å². The monoisotopic (exact) mass is 267 g/mol. The average Bonchev–Trinajstić information content (AvgIpc) is 2.40. The molecule has 0 aliphatic heterocycles. The van der Waals surface area contributed by atoms with E-state index in [2.05, 4.69) is 5.32 Å². The first-order valence-corrected chi connectivity index (χ1v) is 6.22. The Morgan fingerprint density at radius 2 is 2.00 bits per heavy atom. The molecule has 0 bridgehead atoms. The topological polar surface area (TPSA) is 67.8 Å². The van der Waals surface area contributed by atoms with Gasteiger partial charge in [0.1, 0.15) is 5.75 Å². The van der Waals surface area contributed by atoms with Gasteiger partial charge in [0.05, 0.1) is 26.2 Å². The Kier molecular flexibility index (Phi) is 6.92. The molecule has 19 heavy (non-hydrogen) atoms. The third kappa shape index (κ3) is 6.22. The third-order valence-corrected chi connectivity index (χ3v) is 2.68. The number of amides is 1. The van der Waals surface area contributed by atoms with Gasteiger partial charge in [0.2, 0.25) is 5.91 Å². The molecule has 0 aliphatic carbocycles. The highest BCUT2D eigenvalue weighted by molar-refractivity contribution is 5.78. The van der Waals surface area contributed by atoms with Crippen LogP contribution in [0.25, 0.3) is 0 Å². The standard InChI is InChI=1S/C14H21NO4/c1-18-10-12(16)7-8-15-14(17)9-11-3-5-13(19-2)6-4-11/h3-6,12,16H,7-10H2,1-2H3,(H,15,17). The van der Waals surface area contributed by atoms with Crippen molar-refractivity contribution in [1.29, 1.82) is 0 Å². The molecule has 0 radical (unpaired) electrons. The number of rotatable bonds is 8. The van der Waals surface area contributed by atoms with Crippen molar-refractivity contribution in [2.24, 2.45) is 0 Å². The Morgan fingerprint density at radius 3 is 2.58 bits per heavy atom. The summed E-state index contributed by atoms with van der Waals surface area (Å²) in [5.41, 5.74) is 0.927. The van der Waals surface area contributed by atoms with E-state index in [1.807, 2.05) is 24.3 Å². The Bertz CT molecular complexity index is 378. The molecule has 5 nitrogen and oxygen atoms in total. The summed E-state index contributed by atoms with van der Waals surface area (Å²) in [5, 5.41) is 12.2. The molecule has 1 atom stereocenters. The number of nitrogens with one attached hydrogen (secondary N) is 1. The number of aliphatic hydroxyl groups excluding tert-OH is 1. The van der Waals surface area contributed by atoms with Gasteiger partial charge in [-0.2, -0.15) is 0 Å². The molecule has 2 N–H and O–H groups in total.